The van der Waals surface area contributed by atoms with Crippen LogP contribution in [0.15, 0.2) is 11.6 Å². The number of nitrogens with one attached hydrogen (secondary N) is 2. The van der Waals surface area contributed by atoms with Crippen LogP contribution >= 0.6 is 11.3 Å². The topological polar surface area (TPSA) is 96.0 Å². The minimum Gasteiger partial charge on any atom is -0.367 e. The lowest BCUT2D eigenvalue weighted by atomic mass is 10.2. The highest BCUT2D eigenvalue weighted by Crippen LogP contribution is 2.19. The van der Waals surface area contributed by atoms with E-state index in [1.54, 1.807) is 6.20 Å². The van der Waals surface area contributed by atoms with Gasteiger partial charge in [-0.05, 0) is 0 Å². The summed E-state index contributed by atoms with van der Waals surface area (Å²) in [5.74, 6) is 1.43. The third kappa shape index (κ3) is 3.67. The van der Waals surface area contributed by atoms with Crippen molar-refractivity contribution in [3.8, 4) is 0 Å². The van der Waals surface area contributed by atoms with Crippen LogP contribution in [0.25, 0.3) is 0 Å². The maximum Gasteiger partial charge on any atom is 0.240 e. The summed E-state index contributed by atoms with van der Waals surface area (Å²) in [7, 11) is 0. The SMILES string of the molecule is CCc1nc([C@@H]2CN(CC(=O)Nc3nccs3)CCO2)n[nH]1. The van der Waals surface area contributed by atoms with Crippen LogP contribution in [0.5, 0.6) is 0 Å². The Hall–Kier alpha value is -1.84. The summed E-state index contributed by atoms with van der Waals surface area (Å²) < 4.78 is 5.71. The molecule has 0 saturated carbocycles. The number of morpholine rings is 1. The summed E-state index contributed by atoms with van der Waals surface area (Å²) in [4.78, 5) is 22.5. The average Bonchev–Trinajstić information content (AvgIpc) is 3.18. The van der Waals surface area contributed by atoms with Gasteiger partial charge in [-0.3, -0.25) is 14.8 Å². The van der Waals surface area contributed by atoms with Crippen LogP contribution in [0.3, 0.4) is 0 Å². The minimum absolute atomic E-state index is 0.0696. The van der Waals surface area contributed by atoms with Gasteiger partial charge in [-0.2, -0.15) is 5.10 Å². The monoisotopic (exact) mass is 322 g/mol. The van der Waals surface area contributed by atoms with Gasteiger partial charge < -0.3 is 10.1 Å². The third-order valence-electron chi connectivity index (χ3n) is 3.37. The van der Waals surface area contributed by atoms with E-state index >= 15 is 0 Å². The fourth-order valence-electron chi connectivity index (χ4n) is 2.26. The van der Waals surface area contributed by atoms with Crippen molar-refractivity contribution in [1.29, 1.82) is 0 Å². The van der Waals surface area contributed by atoms with Crippen molar-refractivity contribution in [1.82, 2.24) is 25.1 Å². The number of carbonyl (C=O) groups excluding carboxylic acids is 1. The largest absolute Gasteiger partial charge is 0.367 e. The van der Waals surface area contributed by atoms with Gasteiger partial charge in [0.25, 0.3) is 0 Å². The number of nitrogens with zero attached hydrogens (tertiary/aromatic N) is 4. The molecule has 3 heterocycles. The van der Waals surface area contributed by atoms with E-state index in [-0.39, 0.29) is 12.0 Å². The Labute approximate surface area is 131 Å². The van der Waals surface area contributed by atoms with Crippen LogP contribution in [-0.2, 0) is 16.0 Å². The van der Waals surface area contributed by atoms with Gasteiger partial charge in [0, 0.05) is 31.1 Å². The van der Waals surface area contributed by atoms with Crippen LogP contribution in [0.4, 0.5) is 5.13 Å². The molecule has 22 heavy (non-hydrogen) atoms. The average molecular weight is 322 g/mol. The Morgan fingerprint density at radius 1 is 1.64 bits per heavy atom. The lowest BCUT2D eigenvalue weighted by molar-refractivity contribution is -0.119. The molecule has 8 nitrogen and oxygen atoms in total. The van der Waals surface area contributed by atoms with E-state index in [2.05, 4.69) is 25.5 Å². The quantitative estimate of drug-likeness (QED) is 0.847. The first-order chi connectivity index (χ1) is 10.7. The third-order valence-corrected chi connectivity index (χ3v) is 4.06. The highest BCUT2D eigenvalue weighted by atomic mass is 32.1. The smallest absolute Gasteiger partial charge is 0.240 e. The van der Waals surface area contributed by atoms with E-state index in [4.69, 9.17) is 4.74 Å². The van der Waals surface area contributed by atoms with Crippen molar-refractivity contribution in [2.45, 2.75) is 19.4 Å². The summed E-state index contributed by atoms with van der Waals surface area (Å²) in [5.41, 5.74) is 0. The summed E-state index contributed by atoms with van der Waals surface area (Å²) in [6.07, 6.45) is 2.28. The van der Waals surface area contributed by atoms with E-state index in [0.717, 1.165) is 12.2 Å². The molecular weight excluding hydrogens is 304 g/mol. The van der Waals surface area contributed by atoms with E-state index in [9.17, 15) is 4.79 Å². The predicted octanol–water partition coefficient (Wildman–Crippen LogP) is 0.836. The van der Waals surface area contributed by atoms with Gasteiger partial charge >= 0.3 is 0 Å². The number of anilines is 1. The summed E-state index contributed by atoms with van der Waals surface area (Å²) in [5, 5.41) is 12.3. The van der Waals surface area contributed by atoms with E-state index in [1.807, 2.05) is 17.2 Å². The molecule has 1 amide bonds. The molecule has 1 saturated heterocycles. The fraction of sp³-hybridized carbons (Fsp3) is 0.538. The second-order valence-corrected chi connectivity index (χ2v) is 5.87. The Morgan fingerprint density at radius 2 is 2.55 bits per heavy atom. The zero-order chi connectivity index (χ0) is 15.4. The molecule has 0 spiro atoms. The van der Waals surface area contributed by atoms with Crippen LogP contribution in [0.1, 0.15) is 24.7 Å². The van der Waals surface area contributed by atoms with Crippen LogP contribution in [-0.4, -0.2) is 57.2 Å². The number of aryl methyl sites for hydroxylation is 1. The lowest BCUT2D eigenvalue weighted by Crippen LogP contribution is -2.42. The maximum absolute atomic E-state index is 12.0. The van der Waals surface area contributed by atoms with Crippen LogP contribution < -0.4 is 5.32 Å². The molecule has 1 aliphatic rings. The van der Waals surface area contributed by atoms with E-state index in [0.29, 0.717) is 37.2 Å². The van der Waals surface area contributed by atoms with E-state index in [1.165, 1.54) is 11.3 Å². The van der Waals surface area contributed by atoms with Crippen molar-refractivity contribution in [3.05, 3.63) is 23.2 Å². The lowest BCUT2D eigenvalue weighted by Gasteiger charge is -2.30. The molecular formula is C13H18N6O2S. The number of rotatable bonds is 5. The number of carbonyl (C=O) groups is 1. The van der Waals surface area contributed by atoms with Crippen molar-refractivity contribution < 1.29 is 9.53 Å². The Balaban J connectivity index is 1.55. The molecule has 9 heteroatoms. The fourth-order valence-corrected chi connectivity index (χ4v) is 2.81. The number of hydrogen-bond donors (Lipinski definition) is 2. The predicted molar refractivity (Wildman–Crippen MR) is 81.6 cm³/mol. The standard InChI is InChI=1S/C13H18N6O2S/c1-2-10-15-12(18-17-10)9-7-19(4-5-21-9)8-11(20)16-13-14-3-6-22-13/h3,6,9H,2,4-5,7-8H2,1H3,(H,14,16,20)(H,15,17,18)/t9-/m0/s1. The van der Waals surface area contributed by atoms with E-state index < -0.39 is 0 Å². The normalized spacial score (nSPS) is 19.2. The molecule has 2 N–H and O–H groups in total. The van der Waals surface area contributed by atoms with Gasteiger partial charge in [-0.25, -0.2) is 9.97 Å². The minimum atomic E-state index is -0.196. The van der Waals surface area contributed by atoms with Gasteiger partial charge in [0.15, 0.2) is 11.0 Å². The number of thiazole rings is 1. The number of H-pyrrole nitrogens is 1. The molecule has 3 rings (SSSR count). The summed E-state index contributed by atoms with van der Waals surface area (Å²) >= 11 is 1.41. The highest BCUT2D eigenvalue weighted by molar-refractivity contribution is 7.13. The molecule has 2 aromatic rings. The van der Waals surface area contributed by atoms with Gasteiger partial charge in [0.2, 0.25) is 5.91 Å². The van der Waals surface area contributed by atoms with Gasteiger partial charge in [-0.1, -0.05) is 6.92 Å². The number of aromatic amines is 1. The number of amides is 1. The highest BCUT2D eigenvalue weighted by Gasteiger charge is 2.26. The van der Waals surface area contributed by atoms with Crippen molar-refractivity contribution in [2.75, 3.05) is 31.6 Å². The molecule has 1 aliphatic heterocycles. The first-order valence-corrected chi connectivity index (χ1v) is 8.07. The Morgan fingerprint density at radius 3 is 3.27 bits per heavy atom. The van der Waals surface area contributed by atoms with Gasteiger partial charge in [0.1, 0.15) is 11.9 Å². The number of ether oxygens (including phenoxy) is 1. The van der Waals surface area contributed by atoms with Crippen LogP contribution in [0.2, 0.25) is 0 Å². The van der Waals surface area contributed by atoms with Crippen molar-refractivity contribution >= 4 is 22.4 Å². The molecule has 118 valence electrons. The summed E-state index contributed by atoms with van der Waals surface area (Å²) in [6, 6.07) is 0. The molecule has 0 bridgehead atoms. The van der Waals surface area contributed by atoms with Crippen LogP contribution in [0, 0.1) is 0 Å². The first-order valence-electron chi connectivity index (χ1n) is 7.19. The molecule has 2 aromatic heterocycles. The zero-order valence-electron chi connectivity index (χ0n) is 12.3. The number of hydrogen-bond acceptors (Lipinski definition) is 7. The summed E-state index contributed by atoms with van der Waals surface area (Å²) in [6.45, 7) is 4.20. The van der Waals surface area contributed by atoms with Gasteiger partial charge in [0.05, 0.1) is 13.2 Å². The maximum atomic E-state index is 12.0. The number of aromatic nitrogens is 4. The Kier molecular flexibility index (Phi) is 4.76. The van der Waals surface area contributed by atoms with Gasteiger partial charge in [-0.15, -0.1) is 11.3 Å². The van der Waals surface area contributed by atoms with Crippen molar-refractivity contribution in [3.63, 3.8) is 0 Å². The molecule has 1 atom stereocenters. The first kappa shape index (κ1) is 15.1. The van der Waals surface area contributed by atoms with Crippen molar-refractivity contribution in [2.24, 2.45) is 0 Å². The zero-order valence-corrected chi connectivity index (χ0v) is 13.1. The molecule has 0 aliphatic carbocycles. The molecule has 0 unspecified atom stereocenters. The molecule has 1 fully saturated rings. The Bertz CT molecular complexity index is 614. The second-order valence-electron chi connectivity index (χ2n) is 4.97. The molecule has 0 aromatic carbocycles. The second kappa shape index (κ2) is 6.95. The molecule has 0 radical (unpaired) electrons.